The van der Waals surface area contributed by atoms with E-state index in [4.69, 9.17) is 5.73 Å². The third-order valence-corrected chi connectivity index (χ3v) is 5.36. The Kier molecular flexibility index (Phi) is 4.94. The van der Waals surface area contributed by atoms with Crippen LogP contribution >= 0.6 is 0 Å². The molecule has 0 amide bonds. The molecule has 4 rings (SSSR count). The largest absolute Gasteiger partial charge is 0.341 e. The van der Waals surface area contributed by atoms with Crippen LogP contribution in [0.2, 0.25) is 0 Å². The van der Waals surface area contributed by atoms with Crippen LogP contribution < -0.4 is 21.9 Å². The second-order valence-electron chi connectivity index (χ2n) is 7.40. The van der Waals surface area contributed by atoms with Gasteiger partial charge >= 0.3 is 5.69 Å². The summed E-state index contributed by atoms with van der Waals surface area (Å²) in [6.07, 6.45) is 1.87. The number of aromatic nitrogens is 4. The Balaban J connectivity index is 2.00. The zero-order valence-electron chi connectivity index (χ0n) is 16.3. The van der Waals surface area contributed by atoms with Crippen LogP contribution in [-0.2, 0) is 20.1 Å². The molecule has 29 heavy (non-hydrogen) atoms. The lowest BCUT2D eigenvalue weighted by atomic mass is 10.1. The molecule has 2 N–H and O–H groups in total. The lowest BCUT2D eigenvalue weighted by Crippen LogP contribution is -2.44. The number of imidazole rings is 1. The van der Waals surface area contributed by atoms with Gasteiger partial charge in [0.2, 0.25) is 5.95 Å². The fraction of sp³-hybridized carbons (Fsp3) is 0.400. The number of benzene rings is 1. The van der Waals surface area contributed by atoms with Gasteiger partial charge in [-0.1, -0.05) is 30.3 Å². The summed E-state index contributed by atoms with van der Waals surface area (Å²) in [5, 5.41) is 9.20. The lowest BCUT2D eigenvalue weighted by molar-refractivity contribution is 0.495. The van der Waals surface area contributed by atoms with Gasteiger partial charge in [0.05, 0.1) is 12.6 Å². The zero-order valence-corrected chi connectivity index (χ0v) is 16.3. The van der Waals surface area contributed by atoms with E-state index in [1.165, 1.54) is 11.6 Å². The number of rotatable bonds is 4. The highest BCUT2D eigenvalue weighted by Crippen LogP contribution is 2.24. The van der Waals surface area contributed by atoms with Crippen LogP contribution in [-0.4, -0.2) is 37.8 Å². The van der Waals surface area contributed by atoms with Gasteiger partial charge in [-0.05, 0) is 18.4 Å². The van der Waals surface area contributed by atoms with Gasteiger partial charge in [-0.15, -0.1) is 0 Å². The van der Waals surface area contributed by atoms with Crippen LogP contribution in [0.25, 0.3) is 11.2 Å². The highest BCUT2D eigenvalue weighted by Gasteiger charge is 2.26. The molecule has 0 spiro atoms. The van der Waals surface area contributed by atoms with E-state index < -0.39 is 11.2 Å². The molecule has 0 saturated carbocycles. The smallest absolute Gasteiger partial charge is 0.333 e. The van der Waals surface area contributed by atoms with Crippen molar-refractivity contribution in [1.82, 2.24) is 18.7 Å². The third kappa shape index (κ3) is 3.32. The normalized spacial score (nSPS) is 16.9. The van der Waals surface area contributed by atoms with Gasteiger partial charge < -0.3 is 10.6 Å². The number of fused-ring (bicyclic) bond motifs is 1. The Morgan fingerprint density at radius 3 is 2.69 bits per heavy atom. The summed E-state index contributed by atoms with van der Waals surface area (Å²) in [4.78, 5) is 32.4. The van der Waals surface area contributed by atoms with E-state index in [2.05, 4.69) is 9.88 Å². The van der Waals surface area contributed by atoms with Crippen molar-refractivity contribution < 1.29 is 0 Å². The van der Waals surface area contributed by atoms with Crippen molar-refractivity contribution in [2.45, 2.75) is 32.0 Å². The number of nitriles is 1. The molecule has 1 aliphatic heterocycles. The summed E-state index contributed by atoms with van der Waals surface area (Å²) >= 11 is 0. The van der Waals surface area contributed by atoms with E-state index in [9.17, 15) is 14.9 Å². The Bertz CT molecular complexity index is 1200. The molecule has 3 heterocycles. The van der Waals surface area contributed by atoms with Gasteiger partial charge in [-0.25, -0.2) is 4.79 Å². The third-order valence-electron chi connectivity index (χ3n) is 5.36. The molecule has 3 aromatic rings. The highest BCUT2D eigenvalue weighted by molar-refractivity contribution is 5.75. The van der Waals surface area contributed by atoms with E-state index in [-0.39, 0.29) is 18.2 Å². The average molecular weight is 393 g/mol. The van der Waals surface area contributed by atoms with Crippen LogP contribution in [0.5, 0.6) is 0 Å². The summed E-state index contributed by atoms with van der Waals surface area (Å²) in [6.45, 7) is 1.65. The lowest BCUT2D eigenvalue weighted by Gasteiger charge is -2.31. The number of piperidine rings is 1. The van der Waals surface area contributed by atoms with Gasteiger partial charge in [-0.2, -0.15) is 10.2 Å². The molecule has 2 aromatic heterocycles. The first-order chi connectivity index (χ1) is 14.0. The van der Waals surface area contributed by atoms with Crippen molar-refractivity contribution in [3.05, 3.63) is 56.7 Å². The first-order valence-corrected chi connectivity index (χ1v) is 9.62. The van der Waals surface area contributed by atoms with Gasteiger partial charge in [-0.3, -0.25) is 18.5 Å². The molecule has 0 radical (unpaired) electrons. The maximum absolute atomic E-state index is 13.0. The topological polar surface area (TPSA) is 115 Å². The molecule has 1 saturated heterocycles. The van der Waals surface area contributed by atoms with Crippen molar-refractivity contribution >= 4 is 17.1 Å². The van der Waals surface area contributed by atoms with Gasteiger partial charge in [0.15, 0.2) is 11.2 Å². The van der Waals surface area contributed by atoms with Crippen LogP contribution in [0, 0.1) is 11.3 Å². The molecule has 0 bridgehead atoms. The Labute approximate surface area is 167 Å². The molecule has 1 aromatic carbocycles. The predicted octanol–water partition coefficient (Wildman–Crippen LogP) is 0.396. The van der Waals surface area contributed by atoms with Gasteiger partial charge in [0.25, 0.3) is 5.56 Å². The number of nitrogens with zero attached hydrogens (tertiary/aromatic N) is 6. The number of anilines is 1. The van der Waals surface area contributed by atoms with Crippen molar-refractivity contribution in [3.63, 3.8) is 0 Å². The molecule has 0 aliphatic carbocycles. The predicted molar refractivity (Wildman–Crippen MR) is 110 cm³/mol. The quantitative estimate of drug-likeness (QED) is 0.686. The first-order valence-electron chi connectivity index (χ1n) is 9.62. The fourth-order valence-electron chi connectivity index (χ4n) is 3.91. The van der Waals surface area contributed by atoms with Crippen LogP contribution in [0.15, 0.2) is 39.9 Å². The number of hydrogen-bond acceptors (Lipinski definition) is 6. The van der Waals surface area contributed by atoms with Crippen molar-refractivity contribution in [1.29, 1.82) is 5.26 Å². The molecule has 150 valence electrons. The monoisotopic (exact) mass is 393 g/mol. The molecule has 1 atom stereocenters. The standard InChI is InChI=1S/C20H23N7O2/c1-24-18(28)16-17(26(11-9-21)20(24)29)23-19(25-10-5-8-15(22)13-25)27(16)12-14-6-3-2-4-7-14/h2-4,6-7,15H,5,8,10-13,22H2,1H3. The van der Waals surface area contributed by atoms with Crippen molar-refractivity contribution in [3.8, 4) is 6.07 Å². The van der Waals surface area contributed by atoms with Gasteiger partial charge in [0, 0.05) is 26.2 Å². The SMILES string of the molecule is Cn1c(=O)c2c(nc(N3CCCC(N)C3)n2Cc2ccccc2)n(CC#N)c1=O. The minimum atomic E-state index is -0.546. The molecular weight excluding hydrogens is 370 g/mol. The van der Waals surface area contributed by atoms with E-state index in [0.29, 0.717) is 24.6 Å². The first kappa shape index (κ1) is 19.0. The van der Waals surface area contributed by atoms with E-state index in [1.807, 2.05) is 41.0 Å². The zero-order chi connectivity index (χ0) is 20.5. The summed E-state index contributed by atoms with van der Waals surface area (Å²) in [6, 6.07) is 11.8. The molecule has 1 unspecified atom stereocenters. The molecule has 9 heteroatoms. The maximum Gasteiger partial charge on any atom is 0.333 e. The number of hydrogen-bond donors (Lipinski definition) is 1. The van der Waals surface area contributed by atoms with Gasteiger partial charge in [0.1, 0.15) is 6.54 Å². The Morgan fingerprint density at radius 1 is 1.24 bits per heavy atom. The van der Waals surface area contributed by atoms with E-state index >= 15 is 0 Å². The second kappa shape index (κ2) is 7.56. The van der Waals surface area contributed by atoms with E-state index in [1.54, 1.807) is 0 Å². The van der Waals surface area contributed by atoms with Crippen LogP contribution in [0.4, 0.5) is 5.95 Å². The van der Waals surface area contributed by atoms with Crippen LogP contribution in [0.3, 0.4) is 0 Å². The summed E-state index contributed by atoms with van der Waals surface area (Å²) in [5.41, 5.74) is 6.77. The molecule has 1 fully saturated rings. The Hall–Kier alpha value is -3.38. The van der Waals surface area contributed by atoms with Crippen molar-refractivity contribution in [2.75, 3.05) is 18.0 Å². The van der Waals surface area contributed by atoms with Crippen LogP contribution in [0.1, 0.15) is 18.4 Å². The average Bonchev–Trinajstić information content (AvgIpc) is 3.09. The second-order valence-corrected chi connectivity index (χ2v) is 7.40. The molecule has 1 aliphatic rings. The fourth-order valence-corrected chi connectivity index (χ4v) is 3.91. The van der Waals surface area contributed by atoms with E-state index in [0.717, 1.165) is 29.5 Å². The minimum Gasteiger partial charge on any atom is -0.341 e. The minimum absolute atomic E-state index is 0.0258. The summed E-state index contributed by atoms with van der Waals surface area (Å²) in [5.74, 6) is 0.605. The molecule has 9 nitrogen and oxygen atoms in total. The summed E-state index contributed by atoms with van der Waals surface area (Å²) in [7, 11) is 1.42. The molecular formula is C20H23N7O2. The van der Waals surface area contributed by atoms with Crippen molar-refractivity contribution in [2.24, 2.45) is 12.8 Å². The highest BCUT2D eigenvalue weighted by atomic mass is 16.2. The summed E-state index contributed by atoms with van der Waals surface area (Å²) < 4.78 is 4.14. The maximum atomic E-state index is 13.0. The number of nitrogens with two attached hydrogens (primary N) is 1. The Morgan fingerprint density at radius 2 is 2.00 bits per heavy atom.